The zero-order chi connectivity index (χ0) is 20.4. The molecule has 1 unspecified atom stereocenters. The Balaban J connectivity index is 1.51. The molecule has 4 rings (SSSR count). The average molecular weight is 399 g/mol. The molecule has 0 amide bonds. The Labute approximate surface area is 169 Å². The fourth-order valence-electron chi connectivity index (χ4n) is 4.05. The van der Waals surface area contributed by atoms with Crippen molar-refractivity contribution >= 4 is 11.8 Å². The number of aromatic nitrogens is 3. The topological polar surface area (TPSA) is 101 Å². The van der Waals surface area contributed by atoms with Gasteiger partial charge in [-0.1, -0.05) is 0 Å². The largest absolute Gasteiger partial charge is 0.480 e. The van der Waals surface area contributed by atoms with Gasteiger partial charge in [0.1, 0.15) is 17.7 Å². The van der Waals surface area contributed by atoms with Crippen LogP contribution < -0.4 is 9.64 Å². The Bertz CT molecular complexity index is 908. The fraction of sp³-hybridized carbons (Fsp3) is 0.500. The zero-order valence-electron chi connectivity index (χ0n) is 16.7. The zero-order valence-corrected chi connectivity index (χ0v) is 16.7. The number of ether oxygens (including phenoxy) is 2. The van der Waals surface area contributed by atoms with Crippen molar-refractivity contribution in [3.63, 3.8) is 0 Å². The molecule has 1 N–H and O–H groups in total. The van der Waals surface area contributed by atoms with E-state index in [0.29, 0.717) is 37.9 Å². The van der Waals surface area contributed by atoms with Crippen molar-refractivity contribution in [3.8, 4) is 11.6 Å². The maximum absolute atomic E-state index is 11.1. The number of carboxylic acids is 1. The molecule has 1 atom stereocenters. The van der Waals surface area contributed by atoms with Crippen molar-refractivity contribution in [1.82, 2.24) is 19.9 Å². The van der Waals surface area contributed by atoms with E-state index in [2.05, 4.69) is 19.9 Å². The second kappa shape index (κ2) is 7.92. The molecule has 4 heterocycles. The molecule has 9 nitrogen and oxygen atoms in total. The summed E-state index contributed by atoms with van der Waals surface area (Å²) in [6.45, 7) is 7.11. The predicted molar refractivity (Wildman–Crippen MR) is 105 cm³/mol. The fourth-order valence-corrected chi connectivity index (χ4v) is 4.05. The highest BCUT2D eigenvalue weighted by molar-refractivity contribution is 5.69. The van der Waals surface area contributed by atoms with Gasteiger partial charge in [-0.2, -0.15) is 0 Å². The molecule has 0 radical (unpaired) electrons. The predicted octanol–water partition coefficient (Wildman–Crippen LogP) is 1.65. The number of hydrogen-bond donors (Lipinski definition) is 1. The third kappa shape index (κ3) is 4.15. The van der Waals surface area contributed by atoms with Crippen LogP contribution >= 0.6 is 0 Å². The van der Waals surface area contributed by atoms with Crippen molar-refractivity contribution in [1.29, 1.82) is 0 Å². The molecule has 0 bridgehead atoms. The van der Waals surface area contributed by atoms with Gasteiger partial charge in [0.05, 0.1) is 24.4 Å². The first kappa shape index (κ1) is 19.5. The number of anilines is 1. The summed E-state index contributed by atoms with van der Waals surface area (Å²) in [7, 11) is 0. The number of aryl methyl sites for hydroxylation is 1. The summed E-state index contributed by atoms with van der Waals surface area (Å²) in [5, 5.41) is 9.11. The lowest BCUT2D eigenvalue weighted by atomic mass is 10.0. The number of pyridine rings is 1. The highest BCUT2D eigenvalue weighted by Gasteiger charge is 2.44. The van der Waals surface area contributed by atoms with Gasteiger partial charge < -0.3 is 19.5 Å². The van der Waals surface area contributed by atoms with Crippen LogP contribution in [0.4, 0.5) is 5.82 Å². The molecule has 2 saturated heterocycles. The molecular weight excluding hydrogens is 374 g/mol. The van der Waals surface area contributed by atoms with E-state index >= 15 is 0 Å². The van der Waals surface area contributed by atoms with Crippen molar-refractivity contribution in [2.45, 2.75) is 25.9 Å². The van der Waals surface area contributed by atoms with Crippen molar-refractivity contribution in [2.24, 2.45) is 0 Å². The number of rotatable bonds is 5. The molecular formula is C20H25N5O4. The molecule has 9 heteroatoms. The third-order valence-corrected chi connectivity index (χ3v) is 5.48. The van der Waals surface area contributed by atoms with Crippen molar-refractivity contribution in [3.05, 3.63) is 35.9 Å². The van der Waals surface area contributed by atoms with Crippen LogP contribution in [0.2, 0.25) is 0 Å². The Hall–Kier alpha value is -2.78. The van der Waals surface area contributed by atoms with Gasteiger partial charge in [0.25, 0.3) is 0 Å². The van der Waals surface area contributed by atoms with Crippen LogP contribution in [0.1, 0.15) is 17.7 Å². The van der Waals surface area contributed by atoms with Crippen LogP contribution in [-0.4, -0.2) is 75.9 Å². The highest BCUT2D eigenvalue weighted by Crippen LogP contribution is 2.35. The van der Waals surface area contributed by atoms with Gasteiger partial charge in [0, 0.05) is 32.4 Å². The van der Waals surface area contributed by atoms with Crippen LogP contribution in [0, 0.1) is 13.8 Å². The van der Waals surface area contributed by atoms with Crippen LogP contribution in [0.3, 0.4) is 0 Å². The molecule has 2 aliphatic heterocycles. The van der Waals surface area contributed by atoms with Gasteiger partial charge in [0.2, 0.25) is 5.88 Å². The first-order valence-corrected chi connectivity index (χ1v) is 9.70. The number of carboxylic acid groups (broad SMARTS) is 1. The van der Waals surface area contributed by atoms with E-state index in [0.717, 1.165) is 30.0 Å². The monoisotopic (exact) mass is 399 g/mol. The smallest absolute Gasteiger partial charge is 0.317 e. The van der Waals surface area contributed by atoms with Crippen LogP contribution in [-0.2, 0) is 9.53 Å². The summed E-state index contributed by atoms with van der Waals surface area (Å²) in [5.41, 5.74) is 1.28. The Kier molecular flexibility index (Phi) is 5.33. The van der Waals surface area contributed by atoms with E-state index in [1.807, 2.05) is 30.9 Å². The molecule has 154 valence electrons. The van der Waals surface area contributed by atoms with Gasteiger partial charge >= 0.3 is 5.97 Å². The third-order valence-electron chi connectivity index (χ3n) is 5.48. The minimum Gasteiger partial charge on any atom is -0.480 e. The van der Waals surface area contributed by atoms with Crippen LogP contribution in [0.5, 0.6) is 11.6 Å². The van der Waals surface area contributed by atoms with Gasteiger partial charge in [-0.15, -0.1) is 0 Å². The van der Waals surface area contributed by atoms with Gasteiger partial charge in [0.15, 0.2) is 5.75 Å². The van der Waals surface area contributed by atoms with Crippen LogP contribution in [0.15, 0.2) is 24.7 Å². The van der Waals surface area contributed by atoms with E-state index in [1.54, 1.807) is 6.20 Å². The summed E-state index contributed by atoms with van der Waals surface area (Å²) in [4.78, 5) is 28.2. The maximum Gasteiger partial charge on any atom is 0.317 e. The lowest BCUT2D eigenvalue weighted by Crippen LogP contribution is -2.54. The molecule has 0 aliphatic carbocycles. The van der Waals surface area contributed by atoms with E-state index < -0.39 is 5.97 Å². The Morgan fingerprint density at radius 1 is 1.28 bits per heavy atom. The second-order valence-electron chi connectivity index (χ2n) is 7.62. The molecule has 2 aromatic rings. The number of aliphatic carboxylic acids is 1. The average Bonchev–Trinajstić information content (AvgIpc) is 3.07. The quantitative estimate of drug-likeness (QED) is 0.804. The molecule has 2 aliphatic rings. The van der Waals surface area contributed by atoms with E-state index in [-0.39, 0.29) is 12.1 Å². The van der Waals surface area contributed by atoms with E-state index in [9.17, 15) is 4.79 Å². The molecule has 0 saturated carbocycles. The lowest BCUT2D eigenvalue weighted by molar-refractivity contribution is -0.143. The molecule has 29 heavy (non-hydrogen) atoms. The summed E-state index contributed by atoms with van der Waals surface area (Å²) in [5.74, 6) is 1.17. The molecule has 0 aromatic carbocycles. The van der Waals surface area contributed by atoms with E-state index in [4.69, 9.17) is 14.6 Å². The normalized spacial score (nSPS) is 22.2. The van der Waals surface area contributed by atoms with Crippen molar-refractivity contribution in [2.75, 3.05) is 44.2 Å². The molecule has 1 spiro atoms. The summed E-state index contributed by atoms with van der Waals surface area (Å²) in [6.07, 6.45) is 4.05. The maximum atomic E-state index is 11.1. The lowest BCUT2D eigenvalue weighted by Gasteiger charge is -2.39. The minimum atomic E-state index is -0.809. The second-order valence-corrected chi connectivity index (χ2v) is 7.62. The Morgan fingerprint density at radius 3 is 2.93 bits per heavy atom. The van der Waals surface area contributed by atoms with E-state index in [1.165, 1.54) is 6.33 Å². The summed E-state index contributed by atoms with van der Waals surface area (Å²) >= 11 is 0. The Morgan fingerprint density at radius 2 is 2.14 bits per heavy atom. The SMILES string of the molecule is Cc1ncccc1Oc1ncnc(N2CCC3(CN(CC(=O)O)CCO3)C2)c1C. The number of carbonyl (C=O) groups is 1. The first-order chi connectivity index (χ1) is 14.0. The summed E-state index contributed by atoms with van der Waals surface area (Å²) in [6, 6.07) is 3.69. The minimum absolute atomic E-state index is 0.0418. The van der Waals surface area contributed by atoms with Crippen LogP contribution in [0.25, 0.3) is 0 Å². The standard InChI is InChI=1S/C20H25N5O4/c1-14-18(22-13-23-19(14)29-16-4-3-6-21-15(16)2)25-7-5-20(12-25)11-24(8-9-28-20)10-17(26)27/h3-4,6,13H,5,7-12H2,1-2H3,(H,26,27). The molecule has 2 fully saturated rings. The van der Waals surface area contributed by atoms with Crippen molar-refractivity contribution < 1.29 is 19.4 Å². The number of hydrogen-bond acceptors (Lipinski definition) is 8. The molecule has 2 aromatic heterocycles. The highest BCUT2D eigenvalue weighted by atomic mass is 16.5. The number of nitrogens with zero attached hydrogens (tertiary/aromatic N) is 5. The number of morpholine rings is 1. The summed E-state index contributed by atoms with van der Waals surface area (Å²) < 4.78 is 12.1. The van der Waals surface area contributed by atoms with Gasteiger partial charge in [-0.25, -0.2) is 9.97 Å². The van der Waals surface area contributed by atoms with Gasteiger partial charge in [-0.3, -0.25) is 14.7 Å². The van der Waals surface area contributed by atoms with Gasteiger partial charge in [-0.05, 0) is 32.4 Å². The first-order valence-electron chi connectivity index (χ1n) is 9.70.